The maximum atomic E-state index is 12.7. The molecule has 2 aromatic carbocycles. The summed E-state index contributed by atoms with van der Waals surface area (Å²) in [5.41, 5.74) is 2.57. The van der Waals surface area contributed by atoms with Gasteiger partial charge >= 0.3 is 0 Å². The fourth-order valence-corrected chi connectivity index (χ4v) is 3.02. The number of nitrogens with one attached hydrogen (secondary N) is 1. The molecule has 0 saturated heterocycles. The van der Waals surface area contributed by atoms with Crippen LogP contribution in [0.5, 0.6) is 0 Å². The van der Waals surface area contributed by atoms with E-state index in [1.165, 1.54) is 0 Å². The predicted molar refractivity (Wildman–Crippen MR) is 109 cm³/mol. The number of benzene rings is 2. The van der Waals surface area contributed by atoms with Crippen molar-refractivity contribution in [1.29, 1.82) is 0 Å². The van der Waals surface area contributed by atoms with E-state index in [0.717, 1.165) is 10.0 Å². The monoisotopic (exact) mass is 423 g/mol. The van der Waals surface area contributed by atoms with Gasteiger partial charge in [-0.1, -0.05) is 34.1 Å². The van der Waals surface area contributed by atoms with Crippen molar-refractivity contribution in [2.24, 2.45) is 0 Å². The Kier molecular flexibility index (Phi) is 5.98. The Labute approximate surface area is 166 Å². The summed E-state index contributed by atoms with van der Waals surface area (Å²) < 4.78 is 0.830. The number of carbonyl (C=O) groups excluding carboxylic acids is 2. The molecule has 0 unspecified atom stereocenters. The molecule has 0 radical (unpaired) electrons. The van der Waals surface area contributed by atoms with Crippen LogP contribution in [0.25, 0.3) is 0 Å². The summed E-state index contributed by atoms with van der Waals surface area (Å²) in [4.78, 5) is 30.8. The molecule has 1 aromatic heterocycles. The Morgan fingerprint density at radius 3 is 2.56 bits per heavy atom. The second-order valence-corrected chi connectivity index (χ2v) is 6.98. The van der Waals surface area contributed by atoms with Crippen molar-refractivity contribution < 1.29 is 9.59 Å². The van der Waals surface area contributed by atoms with Crippen molar-refractivity contribution in [3.8, 4) is 0 Å². The Morgan fingerprint density at radius 2 is 1.81 bits per heavy atom. The number of hydrogen-bond acceptors (Lipinski definition) is 3. The van der Waals surface area contributed by atoms with Gasteiger partial charge < -0.3 is 10.2 Å². The van der Waals surface area contributed by atoms with E-state index in [9.17, 15) is 9.59 Å². The number of halogens is 1. The molecular formula is C21H18BrN3O2. The molecule has 3 rings (SSSR count). The van der Waals surface area contributed by atoms with Gasteiger partial charge in [0.15, 0.2) is 0 Å². The molecule has 136 valence electrons. The molecule has 3 aromatic rings. The first-order valence-electron chi connectivity index (χ1n) is 8.34. The fraction of sp³-hybridized carbons (Fsp3) is 0.0952. The minimum Gasteiger partial charge on any atom is -0.337 e. The minimum atomic E-state index is -0.232. The molecule has 0 aliphatic rings. The van der Waals surface area contributed by atoms with Gasteiger partial charge in [0.05, 0.1) is 0 Å². The van der Waals surface area contributed by atoms with Crippen LogP contribution < -0.4 is 5.32 Å². The van der Waals surface area contributed by atoms with Gasteiger partial charge in [-0.15, -0.1) is 0 Å². The molecule has 27 heavy (non-hydrogen) atoms. The zero-order valence-electron chi connectivity index (χ0n) is 14.7. The second kappa shape index (κ2) is 8.60. The minimum absolute atomic E-state index is 0.127. The lowest BCUT2D eigenvalue weighted by atomic mass is 10.1. The van der Waals surface area contributed by atoms with Crippen LogP contribution in [0.15, 0.2) is 77.5 Å². The number of rotatable bonds is 5. The number of pyridine rings is 1. The van der Waals surface area contributed by atoms with Crippen LogP contribution in [0, 0.1) is 0 Å². The van der Waals surface area contributed by atoms with Gasteiger partial charge in [0.2, 0.25) is 0 Å². The Balaban J connectivity index is 1.71. The summed E-state index contributed by atoms with van der Waals surface area (Å²) in [5, 5.41) is 2.83. The fourth-order valence-electron chi connectivity index (χ4n) is 2.62. The lowest BCUT2D eigenvalue weighted by molar-refractivity contribution is 0.0784. The van der Waals surface area contributed by atoms with Gasteiger partial charge in [-0.2, -0.15) is 0 Å². The van der Waals surface area contributed by atoms with E-state index in [4.69, 9.17) is 0 Å². The molecular weight excluding hydrogens is 406 g/mol. The standard InChI is InChI=1S/C21H18BrN3O2/c1-25(14-15-5-4-10-23-13-15)21(27)17-7-3-9-19(12-17)24-20(26)16-6-2-8-18(22)11-16/h2-13H,14H2,1H3,(H,24,26). The highest BCUT2D eigenvalue weighted by molar-refractivity contribution is 9.10. The molecule has 1 N–H and O–H groups in total. The smallest absolute Gasteiger partial charge is 0.255 e. The molecule has 5 nitrogen and oxygen atoms in total. The molecule has 0 spiro atoms. The van der Waals surface area contributed by atoms with Crippen LogP contribution in [0.4, 0.5) is 5.69 Å². The normalized spacial score (nSPS) is 10.3. The molecule has 0 fully saturated rings. The van der Waals surface area contributed by atoms with Crippen molar-refractivity contribution >= 4 is 33.4 Å². The Bertz CT molecular complexity index is 960. The maximum absolute atomic E-state index is 12.7. The van der Waals surface area contributed by atoms with Crippen LogP contribution in [0.1, 0.15) is 26.3 Å². The third-order valence-electron chi connectivity index (χ3n) is 3.94. The number of aromatic nitrogens is 1. The molecule has 0 bridgehead atoms. The predicted octanol–water partition coefficient (Wildman–Crippen LogP) is 4.37. The van der Waals surface area contributed by atoms with E-state index in [-0.39, 0.29) is 11.8 Å². The molecule has 0 aliphatic heterocycles. The second-order valence-electron chi connectivity index (χ2n) is 6.07. The molecule has 6 heteroatoms. The maximum Gasteiger partial charge on any atom is 0.255 e. The Hall–Kier alpha value is -2.99. The summed E-state index contributed by atoms with van der Waals surface area (Å²) in [6.07, 6.45) is 3.43. The SMILES string of the molecule is CN(Cc1cccnc1)C(=O)c1cccc(NC(=O)c2cccc(Br)c2)c1. The van der Waals surface area contributed by atoms with E-state index < -0.39 is 0 Å². The van der Waals surface area contributed by atoms with Gasteiger partial charge in [-0.25, -0.2) is 0 Å². The van der Waals surface area contributed by atoms with E-state index >= 15 is 0 Å². The van der Waals surface area contributed by atoms with Crippen LogP contribution >= 0.6 is 15.9 Å². The highest BCUT2D eigenvalue weighted by Crippen LogP contribution is 2.16. The van der Waals surface area contributed by atoms with E-state index in [1.54, 1.807) is 66.8 Å². The van der Waals surface area contributed by atoms with Crippen LogP contribution in [0.3, 0.4) is 0 Å². The average Bonchev–Trinajstić information content (AvgIpc) is 2.68. The van der Waals surface area contributed by atoms with Crippen molar-refractivity contribution in [1.82, 2.24) is 9.88 Å². The van der Waals surface area contributed by atoms with Gasteiger partial charge in [-0.3, -0.25) is 14.6 Å². The first kappa shape index (κ1) is 18.8. The van der Waals surface area contributed by atoms with E-state index in [2.05, 4.69) is 26.2 Å². The zero-order valence-corrected chi connectivity index (χ0v) is 16.3. The number of nitrogens with zero attached hydrogens (tertiary/aromatic N) is 2. The number of anilines is 1. The van der Waals surface area contributed by atoms with E-state index in [1.807, 2.05) is 18.2 Å². The van der Waals surface area contributed by atoms with Crippen molar-refractivity contribution in [3.63, 3.8) is 0 Å². The summed E-state index contributed by atoms with van der Waals surface area (Å²) in [5.74, 6) is -0.359. The lowest BCUT2D eigenvalue weighted by Gasteiger charge is -2.17. The third-order valence-corrected chi connectivity index (χ3v) is 4.44. The first-order valence-corrected chi connectivity index (χ1v) is 9.13. The third kappa shape index (κ3) is 5.01. The van der Waals surface area contributed by atoms with Crippen LogP contribution in [0.2, 0.25) is 0 Å². The largest absolute Gasteiger partial charge is 0.337 e. The molecule has 0 aliphatic carbocycles. The molecule has 0 saturated carbocycles. The number of carbonyl (C=O) groups is 2. The lowest BCUT2D eigenvalue weighted by Crippen LogP contribution is -2.26. The highest BCUT2D eigenvalue weighted by atomic mass is 79.9. The molecule has 2 amide bonds. The topological polar surface area (TPSA) is 62.3 Å². The van der Waals surface area contributed by atoms with Gasteiger partial charge in [-0.05, 0) is 48.0 Å². The zero-order chi connectivity index (χ0) is 19.2. The summed E-state index contributed by atoms with van der Waals surface area (Å²) in [6.45, 7) is 0.460. The average molecular weight is 424 g/mol. The number of hydrogen-bond donors (Lipinski definition) is 1. The summed E-state index contributed by atoms with van der Waals surface area (Å²) in [6, 6.07) is 17.8. The quantitative estimate of drug-likeness (QED) is 0.662. The van der Waals surface area contributed by atoms with Gasteiger partial charge in [0, 0.05) is 47.3 Å². The van der Waals surface area contributed by atoms with Crippen molar-refractivity contribution in [2.45, 2.75) is 6.54 Å². The van der Waals surface area contributed by atoms with Crippen LogP contribution in [-0.4, -0.2) is 28.7 Å². The molecule has 1 heterocycles. The van der Waals surface area contributed by atoms with E-state index in [0.29, 0.717) is 23.4 Å². The molecule has 0 atom stereocenters. The summed E-state index contributed by atoms with van der Waals surface area (Å²) in [7, 11) is 1.74. The Morgan fingerprint density at radius 1 is 1.04 bits per heavy atom. The van der Waals surface area contributed by atoms with Crippen molar-refractivity contribution in [2.75, 3.05) is 12.4 Å². The van der Waals surface area contributed by atoms with Crippen molar-refractivity contribution in [3.05, 3.63) is 94.2 Å². The van der Waals surface area contributed by atoms with Gasteiger partial charge in [0.25, 0.3) is 11.8 Å². The highest BCUT2D eigenvalue weighted by Gasteiger charge is 2.14. The summed E-state index contributed by atoms with van der Waals surface area (Å²) >= 11 is 3.35. The van der Waals surface area contributed by atoms with Gasteiger partial charge in [0.1, 0.15) is 0 Å². The first-order chi connectivity index (χ1) is 13.0. The number of amides is 2. The van der Waals surface area contributed by atoms with Crippen LogP contribution in [-0.2, 0) is 6.54 Å².